The third kappa shape index (κ3) is 11.3. The Hall–Kier alpha value is -2.98. The molecule has 0 aromatic carbocycles. The summed E-state index contributed by atoms with van der Waals surface area (Å²) in [5.74, 6) is -4.64. The number of amides is 1. The molecule has 1 atom stereocenters. The summed E-state index contributed by atoms with van der Waals surface area (Å²) in [5.41, 5.74) is 0.831. The monoisotopic (exact) mass is 587 g/mol. The number of rotatable bonds is 4. The fourth-order valence-corrected chi connectivity index (χ4v) is 4.38. The van der Waals surface area contributed by atoms with Crippen LogP contribution in [0.2, 0.25) is 0 Å². The fourth-order valence-electron chi connectivity index (χ4n) is 4.38. The Kier molecular flexibility index (Phi) is 12.1. The molecule has 1 spiro atoms. The molecule has 3 aliphatic heterocycles. The van der Waals surface area contributed by atoms with Gasteiger partial charge in [0.05, 0.1) is 25.2 Å². The van der Waals surface area contributed by atoms with Crippen LogP contribution < -0.4 is 0 Å². The molecule has 226 valence electrons. The highest BCUT2D eigenvalue weighted by atomic mass is 19.4. The Morgan fingerprint density at radius 1 is 1.00 bits per heavy atom. The highest BCUT2D eigenvalue weighted by molar-refractivity contribution is 5.79. The number of hydrogen-bond donors (Lipinski definition) is 2. The molecule has 1 aromatic heterocycles. The normalized spacial score (nSPS) is 21.1. The molecule has 0 radical (unpaired) electrons. The standard InChI is InChI=1S/C20H29N3O3.2C2HF3O2/c24-19(12-17-2-1-6-21-13-17)23-9-11-26-20(16-23)4-7-22(8-5-20)14-18-3-10-25-15-18;2*3-2(4,5)1(6)7/h1-2,6,13,18H,3-5,7-12,14-16H2;2*(H,6,7). The Labute approximate surface area is 225 Å². The molecule has 4 heterocycles. The maximum atomic E-state index is 12.7. The second-order valence-electron chi connectivity index (χ2n) is 9.52. The largest absolute Gasteiger partial charge is 0.490 e. The number of carboxylic acid groups (broad SMARTS) is 2. The van der Waals surface area contributed by atoms with Gasteiger partial charge in [-0.3, -0.25) is 9.78 Å². The van der Waals surface area contributed by atoms with Gasteiger partial charge in [0.1, 0.15) is 0 Å². The number of carbonyl (C=O) groups is 3. The zero-order valence-electron chi connectivity index (χ0n) is 21.4. The first-order valence-corrected chi connectivity index (χ1v) is 12.3. The Morgan fingerprint density at radius 2 is 1.60 bits per heavy atom. The fraction of sp³-hybridized carbons (Fsp3) is 0.667. The van der Waals surface area contributed by atoms with Crippen LogP contribution in [0.4, 0.5) is 26.3 Å². The molecule has 16 heteroatoms. The van der Waals surface area contributed by atoms with Crippen LogP contribution in [0.25, 0.3) is 0 Å². The number of aromatic nitrogens is 1. The summed E-state index contributed by atoms with van der Waals surface area (Å²) < 4.78 is 75.2. The van der Waals surface area contributed by atoms with Crippen molar-refractivity contribution in [3.05, 3.63) is 30.1 Å². The van der Waals surface area contributed by atoms with Crippen LogP contribution in [-0.4, -0.2) is 113 Å². The Balaban J connectivity index is 0.000000333. The van der Waals surface area contributed by atoms with E-state index >= 15 is 0 Å². The number of hydrogen-bond acceptors (Lipinski definition) is 7. The van der Waals surface area contributed by atoms with Crippen molar-refractivity contribution in [2.75, 3.05) is 52.5 Å². The molecule has 1 amide bonds. The van der Waals surface area contributed by atoms with Gasteiger partial charge in [0, 0.05) is 51.7 Å². The van der Waals surface area contributed by atoms with E-state index in [0.717, 1.165) is 57.8 Å². The lowest BCUT2D eigenvalue weighted by atomic mass is 9.88. The quantitative estimate of drug-likeness (QED) is 0.511. The van der Waals surface area contributed by atoms with Gasteiger partial charge in [-0.2, -0.15) is 26.3 Å². The van der Waals surface area contributed by atoms with E-state index < -0.39 is 24.3 Å². The zero-order chi connectivity index (χ0) is 30.0. The van der Waals surface area contributed by atoms with Crippen LogP contribution in [0, 0.1) is 5.92 Å². The molecule has 4 rings (SSSR count). The average Bonchev–Trinajstić information content (AvgIpc) is 3.39. The molecule has 0 aliphatic carbocycles. The lowest BCUT2D eigenvalue weighted by molar-refractivity contribution is -0.193. The number of pyridine rings is 1. The summed E-state index contributed by atoms with van der Waals surface area (Å²) in [6, 6.07) is 3.85. The van der Waals surface area contributed by atoms with E-state index in [0.29, 0.717) is 25.5 Å². The zero-order valence-corrected chi connectivity index (χ0v) is 21.4. The molecule has 0 saturated carbocycles. The topological polar surface area (TPSA) is 130 Å². The SMILES string of the molecule is O=C(Cc1cccnc1)N1CCOC2(CCN(CC3CCOC3)CC2)C1.O=C(O)C(F)(F)F.O=C(O)C(F)(F)F. The highest BCUT2D eigenvalue weighted by Gasteiger charge is 2.41. The second kappa shape index (κ2) is 14.6. The van der Waals surface area contributed by atoms with Crippen LogP contribution in [0.15, 0.2) is 24.5 Å². The Bertz CT molecular complexity index is 940. The minimum absolute atomic E-state index is 0.147. The molecular formula is C24H31F6N3O7. The van der Waals surface area contributed by atoms with Crippen LogP contribution in [0.1, 0.15) is 24.8 Å². The van der Waals surface area contributed by atoms with Gasteiger partial charge in [-0.1, -0.05) is 6.07 Å². The first-order chi connectivity index (χ1) is 18.6. The van der Waals surface area contributed by atoms with Crippen molar-refractivity contribution in [1.29, 1.82) is 0 Å². The summed E-state index contributed by atoms with van der Waals surface area (Å²) in [6.07, 6.45) is -3.01. The van der Waals surface area contributed by atoms with Gasteiger partial charge in [-0.25, -0.2) is 9.59 Å². The molecule has 3 fully saturated rings. The maximum Gasteiger partial charge on any atom is 0.490 e. The van der Waals surface area contributed by atoms with Crippen LogP contribution >= 0.6 is 0 Å². The van der Waals surface area contributed by atoms with Gasteiger partial charge < -0.3 is 29.5 Å². The summed E-state index contributed by atoms with van der Waals surface area (Å²) in [4.78, 5) is 39.1. The molecular weight excluding hydrogens is 556 g/mol. The summed E-state index contributed by atoms with van der Waals surface area (Å²) in [7, 11) is 0. The smallest absolute Gasteiger partial charge is 0.475 e. The molecule has 10 nitrogen and oxygen atoms in total. The van der Waals surface area contributed by atoms with E-state index in [9.17, 15) is 31.1 Å². The van der Waals surface area contributed by atoms with Gasteiger partial charge >= 0.3 is 24.3 Å². The molecule has 2 N–H and O–H groups in total. The van der Waals surface area contributed by atoms with E-state index in [2.05, 4.69) is 9.88 Å². The highest BCUT2D eigenvalue weighted by Crippen LogP contribution is 2.31. The number of carbonyl (C=O) groups excluding carboxylic acids is 1. The summed E-state index contributed by atoms with van der Waals surface area (Å²) in [5, 5.41) is 14.2. The maximum absolute atomic E-state index is 12.7. The van der Waals surface area contributed by atoms with E-state index in [1.54, 1.807) is 12.4 Å². The van der Waals surface area contributed by atoms with Crippen LogP contribution in [0.5, 0.6) is 0 Å². The molecule has 1 aromatic rings. The van der Waals surface area contributed by atoms with Crippen LogP contribution in [0.3, 0.4) is 0 Å². The summed E-state index contributed by atoms with van der Waals surface area (Å²) >= 11 is 0. The van der Waals surface area contributed by atoms with Gasteiger partial charge in [0.25, 0.3) is 0 Å². The van der Waals surface area contributed by atoms with E-state index in [1.807, 2.05) is 17.0 Å². The minimum atomic E-state index is -5.08. The van der Waals surface area contributed by atoms with Crippen molar-refractivity contribution in [3.63, 3.8) is 0 Å². The van der Waals surface area contributed by atoms with Gasteiger partial charge in [-0.15, -0.1) is 0 Å². The number of likely N-dealkylation sites (tertiary alicyclic amines) is 1. The van der Waals surface area contributed by atoms with Crippen molar-refractivity contribution >= 4 is 17.8 Å². The van der Waals surface area contributed by atoms with Gasteiger partial charge in [0.2, 0.25) is 5.91 Å². The summed E-state index contributed by atoms with van der Waals surface area (Å²) in [6.45, 7) is 7.15. The van der Waals surface area contributed by atoms with Crippen molar-refractivity contribution in [2.45, 2.75) is 43.6 Å². The first kappa shape index (κ1) is 33.2. The van der Waals surface area contributed by atoms with Crippen LogP contribution in [-0.2, 0) is 30.3 Å². The number of carboxylic acids is 2. The second-order valence-corrected chi connectivity index (χ2v) is 9.52. The molecule has 3 saturated heterocycles. The van der Waals surface area contributed by atoms with E-state index in [-0.39, 0.29) is 11.5 Å². The molecule has 1 unspecified atom stereocenters. The molecule has 0 bridgehead atoms. The molecule has 40 heavy (non-hydrogen) atoms. The number of aliphatic carboxylic acids is 2. The van der Waals surface area contributed by atoms with Crippen molar-refractivity contribution in [1.82, 2.24) is 14.8 Å². The Morgan fingerprint density at radius 3 is 2.08 bits per heavy atom. The van der Waals surface area contributed by atoms with E-state index in [1.165, 1.54) is 6.42 Å². The minimum Gasteiger partial charge on any atom is -0.475 e. The average molecular weight is 588 g/mol. The van der Waals surface area contributed by atoms with Crippen molar-refractivity contribution in [3.8, 4) is 0 Å². The number of piperidine rings is 1. The van der Waals surface area contributed by atoms with E-state index in [4.69, 9.17) is 29.3 Å². The van der Waals surface area contributed by atoms with Crippen molar-refractivity contribution in [2.24, 2.45) is 5.92 Å². The number of morpholine rings is 1. The van der Waals surface area contributed by atoms with Crippen molar-refractivity contribution < 1.29 is 60.4 Å². The number of nitrogens with zero attached hydrogens (tertiary/aromatic N) is 3. The predicted octanol–water partition coefficient (Wildman–Crippen LogP) is 2.62. The lowest BCUT2D eigenvalue weighted by Crippen LogP contribution is -2.58. The van der Waals surface area contributed by atoms with Gasteiger partial charge in [0.15, 0.2) is 0 Å². The number of alkyl halides is 6. The predicted molar refractivity (Wildman–Crippen MR) is 125 cm³/mol. The third-order valence-corrected chi connectivity index (χ3v) is 6.47. The number of halogens is 6. The van der Waals surface area contributed by atoms with Gasteiger partial charge in [-0.05, 0) is 36.8 Å². The number of ether oxygens (including phenoxy) is 2. The lowest BCUT2D eigenvalue weighted by Gasteiger charge is -2.47. The molecule has 3 aliphatic rings. The first-order valence-electron chi connectivity index (χ1n) is 12.3. The third-order valence-electron chi connectivity index (χ3n) is 6.47.